The van der Waals surface area contributed by atoms with Gasteiger partial charge in [-0.2, -0.15) is 11.8 Å². The quantitative estimate of drug-likeness (QED) is 0.361. The Morgan fingerprint density at radius 2 is 2.13 bits per heavy atom. The molecule has 1 unspecified atom stereocenters. The molecule has 1 atom stereocenters. The molecule has 1 aromatic carbocycles. The molecule has 1 aliphatic rings. The summed E-state index contributed by atoms with van der Waals surface area (Å²) in [6.07, 6.45) is 2.51. The Balaban J connectivity index is 1.93. The molecule has 0 amide bonds. The van der Waals surface area contributed by atoms with Crippen LogP contribution < -0.4 is 10.6 Å². The van der Waals surface area contributed by atoms with E-state index in [-0.39, 0.29) is 10.4 Å². The Labute approximate surface area is 141 Å². The first-order chi connectivity index (χ1) is 11.0. The highest BCUT2D eigenvalue weighted by Gasteiger charge is 2.29. The van der Waals surface area contributed by atoms with Crippen LogP contribution in [0, 0.1) is 10.1 Å². The first kappa shape index (κ1) is 17.6. The van der Waals surface area contributed by atoms with E-state index in [4.69, 9.17) is 0 Å². The monoisotopic (exact) mass is 336 g/mol. The molecule has 1 fully saturated rings. The Kier molecular flexibility index (Phi) is 6.27. The smallest absolute Gasteiger partial charge is 0.269 e. The van der Waals surface area contributed by atoms with Crippen LogP contribution in [0.15, 0.2) is 29.3 Å². The number of hydrogen-bond acceptors (Lipinski definition) is 4. The summed E-state index contributed by atoms with van der Waals surface area (Å²) in [7, 11) is 0. The lowest BCUT2D eigenvalue weighted by atomic mass is 10.1. The molecule has 2 rings (SSSR count). The topological polar surface area (TPSA) is 79.6 Å². The number of hydrogen-bond donors (Lipinski definition) is 2. The van der Waals surface area contributed by atoms with E-state index in [1.54, 1.807) is 12.1 Å². The van der Waals surface area contributed by atoms with Crippen molar-refractivity contribution in [1.29, 1.82) is 0 Å². The standard InChI is InChI=1S/C16H24N4O2S/c1-3-17-15(19-12-16(2)9-4-10-23-16)18-11-13-5-7-14(8-6-13)20(21)22/h5-8H,3-4,9-12H2,1-2H3,(H2,17,18,19). The number of aliphatic imine (C=N–C) groups is 1. The first-order valence-electron chi connectivity index (χ1n) is 7.92. The van der Waals surface area contributed by atoms with E-state index in [2.05, 4.69) is 22.5 Å². The minimum Gasteiger partial charge on any atom is -0.357 e. The third kappa shape index (κ3) is 5.42. The fraction of sp³-hybridized carbons (Fsp3) is 0.562. The first-order valence-corrected chi connectivity index (χ1v) is 8.90. The second kappa shape index (κ2) is 8.19. The molecule has 0 bridgehead atoms. The maximum atomic E-state index is 10.7. The number of nitrogens with zero attached hydrogens (tertiary/aromatic N) is 2. The van der Waals surface area contributed by atoms with E-state index in [0.717, 1.165) is 24.6 Å². The van der Waals surface area contributed by atoms with Crippen molar-refractivity contribution >= 4 is 23.4 Å². The zero-order chi connectivity index (χ0) is 16.7. The molecule has 0 aliphatic carbocycles. The maximum absolute atomic E-state index is 10.7. The number of rotatable bonds is 6. The molecule has 1 aliphatic heterocycles. The van der Waals surface area contributed by atoms with Crippen LogP contribution >= 0.6 is 11.8 Å². The normalized spacial score (nSPS) is 21.2. The molecular weight excluding hydrogens is 312 g/mol. The molecular formula is C16H24N4O2S. The fourth-order valence-electron chi connectivity index (χ4n) is 2.48. The van der Waals surface area contributed by atoms with E-state index in [0.29, 0.717) is 6.54 Å². The van der Waals surface area contributed by atoms with Gasteiger partial charge in [0.05, 0.1) is 11.5 Å². The molecule has 0 aromatic heterocycles. The van der Waals surface area contributed by atoms with Crippen LogP contribution in [0.4, 0.5) is 5.69 Å². The zero-order valence-corrected chi connectivity index (χ0v) is 14.5. The van der Waals surface area contributed by atoms with Gasteiger partial charge in [0, 0.05) is 30.0 Å². The van der Waals surface area contributed by atoms with Gasteiger partial charge in [0.25, 0.3) is 5.69 Å². The van der Waals surface area contributed by atoms with Crippen LogP contribution in [0.1, 0.15) is 32.3 Å². The van der Waals surface area contributed by atoms with E-state index in [9.17, 15) is 10.1 Å². The predicted octanol–water partition coefficient (Wildman–Crippen LogP) is 2.94. The van der Waals surface area contributed by atoms with Crippen molar-refractivity contribution in [3.63, 3.8) is 0 Å². The van der Waals surface area contributed by atoms with Gasteiger partial charge in [-0.3, -0.25) is 10.1 Å². The number of non-ortho nitro benzene ring substituents is 1. The van der Waals surface area contributed by atoms with Gasteiger partial charge in [-0.15, -0.1) is 0 Å². The number of thioether (sulfide) groups is 1. The maximum Gasteiger partial charge on any atom is 0.269 e. The Bertz CT molecular complexity index is 554. The molecule has 1 saturated heterocycles. The molecule has 23 heavy (non-hydrogen) atoms. The summed E-state index contributed by atoms with van der Waals surface area (Å²) in [6, 6.07) is 6.53. The zero-order valence-electron chi connectivity index (χ0n) is 13.7. The van der Waals surface area contributed by atoms with E-state index in [1.807, 2.05) is 18.7 Å². The summed E-state index contributed by atoms with van der Waals surface area (Å²) in [5, 5.41) is 17.3. The molecule has 126 valence electrons. The van der Waals surface area contributed by atoms with E-state index >= 15 is 0 Å². The lowest BCUT2D eigenvalue weighted by Crippen LogP contribution is -2.43. The van der Waals surface area contributed by atoms with Crippen LogP contribution in [0.5, 0.6) is 0 Å². The highest BCUT2D eigenvalue weighted by Crippen LogP contribution is 2.36. The molecule has 1 aromatic rings. The number of guanidine groups is 1. The SMILES string of the molecule is CCNC(=NCc1ccc([N+](=O)[O-])cc1)NCC1(C)CCCS1. The lowest BCUT2D eigenvalue weighted by Gasteiger charge is -2.24. The van der Waals surface area contributed by atoms with Gasteiger partial charge in [-0.1, -0.05) is 12.1 Å². The minimum absolute atomic E-state index is 0.106. The lowest BCUT2D eigenvalue weighted by molar-refractivity contribution is -0.384. The highest BCUT2D eigenvalue weighted by atomic mass is 32.2. The van der Waals surface area contributed by atoms with Crippen LogP contribution in [-0.2, 0) is 6.54 Å². The average molecular weight is 336 g/mol. The summed E-state index contributed by atoms with van der Waals surface area (Å²) < 4.78 is 0.281. The molecule has 1 heterocycles. The van der Waals surface area contributed by atoms with Gasteiger partial charge in [-0.05, 0) is 38.0 Å². The Morgan fingerprint density at radius 3 is 2.70 bits per heavy atom. The van der Waals surface area contributed by atoms with Crippen LogP contribution in [-0.4, -0.2) is 34.5 Å². The second-order valence-electron chi connectivity index (χ2n) is 5.87. The largest absolute Gasteiger partial charge is 0.357 e. The fourth-order valence-corrected chi connectivity index (χ4v) is 3.73. The van der Waals surface area contributed by atoms with Gasteiger partial charge in [0.2, 0.25) is 0 Å². The van der Waals surface area contributed by atoms with Gasteiger partial charge in [-0.25, -0.2) is 4.99 Å². The van der Waals surface area contributed by atoms with E-state index in [1.165, 1.54) is 30.7 Å². The number of nitro benzene ring substituents is 1. The number of nitro groups is 1. The molecule has 0 radical (unpaired) electrons. The van der Waals surface area contributed by atoms with Gasteiger partial charge < -0.3 is 10.6 Å². The van der Waals surface area contributed by atoms with Gasteiger partial charge >= 0.3 is 0 Å². The molecule has 7 heteroatoms. The van der Waals surface area contributed by atoms with Gasteiger partial charge in [0.15, 0.2) is 5.96 Å². The average Bonchev–Trinajstić information content (AvgIpc) is 2.97. The Morgan fingerprint density at radius 1 is 1.39 bits per heavy atom. The van der Waals surface area contributed by atoms with Crippen molar-refractivity contribution < 1.29 is 4.92 Å². The number of nitrogens with one attached hydrogen (secondary N) is 2. The van der Waals surface area contributed by atoms with Crippen molar-refractivity contribution in [2.24, 2.45) is 4.99 Å². The molecule has 0 saturated carbocycles. The van der Waals surface area contributed by atoms with Crippen LogP contribution in [0.25, 0.3) is 0 Å². The summed E-state index contributed by atoms with van der Waals surface area (Å²) in [5.74, 6) is 2.02. The summed E-state index contributed by atoms with van der Waals surface area (Å²) in [6.45, 7) is 6.52. The van der Waals surface area contributed by atoms with Crippen LogP contribution in [0.2, 0.25) is 0 Å². The second-order valence-corrected chi connectivity index (χ2v) is 7.56. The van der Waals surface area contributed by atoms with Crippen molar-refractivity contribution in [3.05, 3.63) is 39.9 Å². The molecule has 2 N–H and O–H groups in total. The van der Waals surface area contributed by atoms with Crippen molar-refractivity contribution in [1.82, 2.24) is 10.6 Å². The van der Waals surface area contributed by atoms with Crippen molar-refractivity contribution in [2.45, 2.75) is 38.0 Å². The van der Waals surface area contributed by atoms with Crippen LogP contribution in [0.3, 0.4) is 0 Å². The summed E-state index contributed by atoms with van der Waals surface area (Å²) in [4.78, 5) is 14.8. The van der Waals surface area contributed by atoms with Crippen molar-refractivity contribution in [3.8, 4) is 0 Å². The van der Waals surface area contributed by atoms with Gasteiger partial charge in [0.1, 0.15) is 0 Å². The third-order valence-corrected chi connectivity index (χ3v) is 5.38. The molecule has 0 spiro atoms. The third-order valence-electron chi connectivity index (χ3n) is 3.84. The highest BCUT2D eigenvalue weighted by molar-refractivity contribution is 8.00. The Hall–Kier alpha value is -1.76. The predicted molar refractivity (Wildman–Crippen MR) is 96.0 cm³/mol. The minimum atomic E-state index is -0.390. The summed E-state index contributed by atoms with van der Waals surface area (Å²) in [5.41, 5.74) is 1.06. The molecule has 6 nitrogen and oxygen atoms in total. The van der Waals surface area contributed by atoms with E-state index < -0.39 is 4.92 Å². The number of benzene rings is 1. The van der Waals surface area contributed by atoms with Crippen molar-refractivity contribution in [2.75, 3.05) is 18.8 Å². The summed E-state index contributed by atoms with van der Waals surface area (Å²) >= 11 is 2.01.